The number of amides is 1. The van der Waals surface area contributed by atoms with Crippen molar-refractivity contribution in [2.75, 3.05) is 12.4 Å². The third-order valence-corrected chi connectivity index (χ3v) is 2.88. The molecule has 0 spiro atoms. The number of hydrogen-bond acceptors (Lipinski definition) is 4. The standard InChI is InChI=1S/C14H14ClN3O2/c1-20-11-5-2-10(3-6-11)4-7-14(19)18-13-9-16-12(15)8-17-13/h2-3,5-6,8-9H,4,7H2,1H3,(H,17,18,19). The minimum atomic E-state index is -0.113. The van der Waals surface area contributed by atoms with Crippen LogP contribution in [-0.4, -0.2) is 23.0 Å². The van der Waals surface area contributed by atoms with Gasteiger partial charge in [-0.25, -0.2) is 9.97 Å². The zero-order valence-electron chi connectivity index (χ0n) is 11.0. The Bertz CT molecular complexity index is 570. The Hall–Kier alpha value is -2.14. The number of benzene rings is 1. The molecule has 1 aromatic carbocycles. The number of rotatable bonds is 5. The van der Waals surface area contributed by atoms with Gasteiger partial charge < -0.3 is 10.1 Å². The monoisotopic (exact) mass is 291 g/mol. The summed E-state index contributed by atoms with van der Waals surface area (Å²) in [7, 11) is 1.62. The minimum absolute atomic E-state index is 0.113. The lowest BCUT2D eigenvalue weighted by Crippen LogP contribution is -2.13. The van der Waals surface area contributed by atoms with Crippen molar-refractivity contribution in [1.82, 2.24) is 9.97 Å². The van der Waals surface area contributed by atoms with E-state index in [1.165, 1.54) is 12.4 Å². The summed E-state index contributed by atoms with van der Waals surface area (Å²) in [5, 5.41) is 2.96. The molecule has 6 heteroatoms. The maximum atomic E-state index is 11.8. The van der Waals surface area contributed by atoms with Gasteiger partial charge in [0.2, 0.25) is 5.91 Å². The minimum Gasteiger partial charge on any atom is -0.497 e. The fourth-order valence-corrected chi connectivity index (χ4v) is 1.73. The lowest BCUT2D eigenvalue weighted by atomic mass is 10.1. The molecule has 2 rings (SSSR count). The van der Waals surface area contributed by atoms with E-state index in [0.717, 1.165) is 11.3 Å². The molecular formula is C14H14ClN3O2. The highest BCUT2D eigenvalue weighted by Gasteiger charge is 2.04. The normalized spacial score (nSPS) is 10.1. The van der Waals surface area contributed by atoms with Gasteiger partial charge in [0.05, 0.1) is 19.5 Å². The molecule has 0 aliphatic rings. The molecular weight excluding hydrogens is 278 g/mol. The van der Waals surface area contributed by atoms with Gasteiger partial charge in [0.15, 0.2) is 5.82 Å². The Kier molecular flexibility index (Phi) is 4.90. The van der Waals surface area contributed by atoms with E-state index < -0.39 is 0 Å². The van der Waals surface area contributed by atoms with Crippen LogP contribution in [0.4, 0.5) is 5.82 Å². The Morgan fingerprint density at radius 1 is 1.25 bits per heavy atom. The van der Waals surface area contributed by atoms with Crippen molar-refractivity contribution in [3.05, 3.63) is 47.4 Å². The van der Waals surface area contributed by atoms with E-state index in [0.29, 0.717) is 23.8 Å². The van der Waals surface area contributed by atoms with Gasteiger partial charge in [-0.1, -0.05) is 23.7 Å². The van der Waals surface area contributed by atoms with E-state index in [2.05, 4.69) is 15.3 Å². The van der Waals surface area contributed by atoms with Crippen molar-refractivity contribution in [2.45, 2.75) is 12.8 Å². The fourth-order valence-electron chi connectivity index (χ4n) is 1.63. The second-order valence-electron chi connectivity index (χ2n) is 4.12. The third-order valence-electron chi connectivity index (χ3n) is 2.69. The number of hydrogen-bond donors (Lipinski definition) is 1. The van der Waals surface area contributed by atoms with Crippen LogP contribution in [0.3, 0.4) is 0 Å². The molecule has 0 aliphatic carbocycles. The van der Waals surface area contributed by atoms with Crippen LogP contribution in [0.2, 0.25) is 5.15 Å². The Labute approximate surface area is 122 Å². The first-order chi connectivity index (χ1) is 9.67. The molecule has 0 saturated carbocycles. The van der Waals surface area contributed by atoms with Crippen LogP contribution in [0.1, 0.15) is 12.0 Å². The molecule has 1 N–H and O–H groups in total. The molecule has 1 aromatic heterocycles. The van der Waals surface area contributed by atoms with Crippen LogP contribution >= 0.6 is 11.6 Å². The predicted molar refractivity (Wildman–Crippen MR) is 77.0 cm³/mol. The molecule has 0 fully saturated rings. The van der Waals surface area contributed by atoms with Crippen LogP contribution in [0.15, 0.2) is 36.7 Å². The van der Waals surface area contributed by atoms with Crippen LogP contribution in [0.25, 0.3) is 0 Å². The quantitative estimate of drug-likeness (QED) is 0.920. The first-order valence-electron chi connectivity index (χ1n) is 6.07. The molecule has 5 nitrogen and oxygen atoms in total. The van der Waals surface area contributed by atoms with Crippen LogP contribution < -0.4 is 10.1 Å². The lowest BCUT2D eigenvalue weighted by Gasteiger charge is -2.05. The maximum Gasteiger partial charge on any atom is 0.225 e. The van der Waals surface area contributed by atoms with Gasteiger partial charge in [-0.05, 0) is 24.1 Å². The van der Waals surface area contributed by atoms with Crippen LogP contribution in [-0.2, 0) is 11.2 Å². The number of halogens is 1. The maximum absolute atomic E-state index is 11.8. The summed E-state index contributed by atoms with van der Waals surface area (Å²) in [6.07, 6.45) is 3.84. The fraction of sp³-hybridized carbons (Fsp3) is 0.214. The summed E-state index contributed by atoms with van der Waals surface area (Å²) in [5.41, 5.74) is 1.07. The Morgan fingerprint density at radius 2 is 2.00 bits per heavy atom. The van der Waals surface area contributed by atoms with Gasteiger partial charge >= 0.3 is 0 Å². The SMILES string of the molecule is COc1ccc(CCC(=O)Nc2cnc(Cl)cn2)cc1. The summed E-state index contributed by atoms with van der Waals surface area (Å²) in [6.45, 7) is 0. The van der Waals surface area contributed by atoms with E-state index in [-0.39, 0.29) is 5.91 Å². The summed E-state index contributed by atoms with van der Waals surface area (Å²) < 4.78 is 5.08. The second kappa shape index (κ2) is 6.86. The van der Waals surface area contributed by atoms with E-state index in [4.69, 9.17) is 16.3 Å². The summed E-state index contributed by atoms with van der Waals surface area (Å²) in [4.78, 5) is 19.6. The number of anilines is 1. The summed E-state index contributed by atoms with van der Waals surface area (Å²) >= 11 is 5.62. The first-order valence-corrected chi connectivity index (χ1v) is 6.45. The van der Waals surface area contributed by atoms with Crippen molar-refractivity contribution in [2.24, 2.45) is 0 Å². The van der Waals surface area contributed by atoms with Crippen LogP contribution in [0, 0.1) is 0 Å². The molecule has 0 saturated heterocycles. The number of carbonyl (C=O) groups is 1. The molecule has 0 radical (unpaired) electrons. The molecule has 0 atom stereocenters. The number of methoxy groups -OCH3 is 1. The lowest BCUT2D eigenvalue weighted by molar-refractivity contribution is -0.116. The Morgan fingerprint density at radius 3 is 2.60 bits per heavy atom. The number of carbonyl (C=O) groups excluding carboxylic acids is 1. The molecule has 20 heavy (non-hydrogen) atoms. The molecule has 2 aromatic rings. The number of aryl methyl sites for hydroxylation is 1. The van der Waals surface area contributed by atoms with Gasteiger partial charge in [0.25, 0.3) is 0 Å². The van der Waals surface area contributed by atoms with Gasteiger partial charge in [0.1, 0.15) is 10.9 Å². The van der Waals surface area contributed by atoms with Crippen molar-refractivity contribution in [3.8, 4) is 5.75 Å². The topological polar surface area (TPSA) is 64.1 Å². The average Bonchev–Trinajstić information content (AvgIpc) is 2.48. The average molecular weight is 292 g/mol. The van der Waals surface area contributed by atoms with Crippen molar-refractivity contribution in [3.63, 3.8) is 0 Å². The molecule has 104 valence electrons. The van der Waals surface area contributed by atoms with E-state index >= 15 is 0 Å². The Balaban J connectivity index is 1.83. The molecule has 1 heterocycles. The van der Waals surface area contributed by atoms with Crippen molar-refractivity contribution < 1.29 is 9.53 Å². The van der Waals surface area contributed by atoms with Crippen molar-refractivity contribution >= 4 is 23.3 Å². The van der Waals surface area contributed by atoms with Crippen LogP contribution in [0.5, 0.6) is 5.75 Å². The predicted octanol–water partition coefficient (Wildman–Crippen LogP) is 2.71. The van der Waals surface area contributed by atoms with Gasteiger partial charge in [-0.15, -0.1) is 0 Å². The second-order valence-corrected chi connectivity index (χ2v) is 4.51. The first kappa shape index (κ1) is 14.3. The number of ether oxygens (including phenoxy) is 1. The van der Waals surface area contributed by atoms with Gasteiger partial charge in [-0.2, -0.15) is 0 Å². The van der Waals surface area contributed by atoms with E-state index in [1.54, 1.807) is 7.11 Å². The zero-order chi connectivity index (χ0) is 14.4. The molecule has 0 aliphatic heterocycles. The van der Waals surface area contributed by atoms with E-state index in [1.807, 2.05) is 24.3 Å². The van der Waals surface area contributed by atoms with Gasteiger partial charge in [-0.3, -0.25) is 4.79 Å². The zero-order valence-corrected chi connectivity index (χ0v) is 11.7. The number of aromatic nitrogens is 2. The smallest absolute Gasteiger partial charge is 0.225 e. The summed E-state index contributed by atoms with van der Waals surface area (Å²) in [6, 6.07) is 7.62. The van der Waals surface area contributed by atoms with Crippen molar-refractivity contribution in [1.29, 1.82) is 0 Å². The third kappa shape index (κ3) is 4.20. The molecule has 1 amide bonds. The largest absolute Gasteiger partial charge is 0.497 e. The van der Waals surface area contributed by atoms with Gasteiger partial charge in [0, 0.05) is 6.42 Å². The summed E-state index contributed by atoms with van der Waals surface area (Å²) in [5.74, 6) is 1.08. The highest BCUT2D eigenvalue weighted by Crippen LogP contribution is 2.13. The molecule has 0 bridgehead atoms. The highest BCUT2D eigenvalue weighted by molar-refractivity contribution is 6.29. The number of nitrogens with zero attached hydrogens (tertiary/aromatic N) is 2. The highest BCUT2D eigenvalue weighted by atomic mass is 35.5. The molecule has 0 unspecified atom stereocenters. The number of nitrogens with one attached hydrogen (secondary N) is 1. The van der Waals surface area contributed by atoms with E-state index in [9.17, 15) is 4.79 Å².